The number of ether oxygens (including phenoxy) is 1. The molecule has 0 radical (unpaired) electrons. The number of aryl methyl sites for hydroxylation is 1. The van der Waals surface area contributed by atoms with Crippen LogP contribution in [-0.4, -0.2) is 24.1 Å². The highest BCUT2D eigenvalue weighted by Gasteiger charge is 2.24. The van der Waals surface area contributed by atoms with E-state index in [0.717, 1.165) is 18.7 Å². The molecule has 0 aliphatic carbocycles. The molecule has 1 saturated heterocycles. The Morgan fingerprint density at radius 3 is 2.80 bits per heavy atom. The van der Waals surface area contributed by atoms with E-state index in [0.29, 0.717) is 5.75 Å². The number of hydrogen-bond donors (Lipinski definition) is 1. The van der Waals surface area contributed by atoms with Crippen LogP contribution in [0.1, 0.15) is 5.56 Å². The van der Waals surface area contributed by atoms with E-state index >= 15 is 0 Å². The second-order valence-electron chi connectivity index (χ2n) is 3.58. The Labute approximate surface area is 87.2 Å². The van der Waals surface area contributed by atoms with Crippen LogP contribution in [0.2, 0.25) is 0 Å². The van der Waals surface area contributed by atoms with Gasteiger partial charge in [0.25, 0.3) is 0 Å². The molecule has 1 aromatic carbocycles. The number of benzene rings is 1. The van der Waals surface area contributed by atoms with Crippen LogP contribution in [0, 0.1) is 17.0 Å². The zero-order valence-corrected chi connectivity index (χ0v) is 8.40. The second kappa shape index (κ2) is 3.86. The topological polar surface area (TPSA) is 64.4 Å². The van der Waals surface area contributed by atoms with Crippen LogP contribution in [-0.2, 0) is 0 Å². The number of nitrogens with one attached hydrogen (secondary N) is 1. The van der Waals surface area contributed by atoms with Crippen LogP contribution in [0.15, 0.2) is 18.2 Å². The Balaban J connectivity index is 2.29. The van der Waals surface area contributed by atoms with Gasteiger partial charge in [-0.25, -0.2) is 0 Å². The van der Waals surface area contributed by atoms with Crippen molar-refractivity contribution in [3.05, 3.63) is 33.9 Å². The highest BCUT2D eigenvalue weighted by atomic mass is 16.6. The molecule has 80 valence electrons. The predicted molar refractivity (Wildman–Crippen MR) is 55.1 cm³/mol. The van der Waals surface area contributed by atoms with Crippen molar-refractivity contribution in [2.24, 2.45) is 0 Å². The standard InChI is InChI=1S/C10H12N2O3/c1-7-3-2-4-9(12(13)14)10(7)15-8-5-11-6-8/h2-4,8,11H,5-6H2,1H3. The summed E-state index contributed by atoms with van der Waals surface area (Å²) in [5.74, 6) is 0.397. The summed E-state index contributed by atoms with van der Waals surface area (Å²) in [7, 11) is 0. The molecule has 0 amide bonds. The van der Waals surface area contributed by atoms with Crippen molar-refractivity contribution in [1.29, 1.82) is 0 Å². The normalized spacial score (nSPS) is 15.8. The summed E-state index contributed by atoms with van der Waals surface area (Å²) in [6.45, 7) is 3.32. The average molecular weight is 208 g/mol. The highest BCUT2D eigenvalue weighted by Crippen LogP contribution is 2.31. The van der Waals surface area contributed by atoms with E-state index in [-0.39, 0.29) is 11.8 Å². The van der Waals surface area contributed by atoms with E-state index in [9.17, 15) is 10.1 Å². The van der Waals surface area contributed by atoms with Crippen LogP contribution < -0.4 is 10.1 Å². The molecule has 0 saturated carbocycles. The molecule has 2 rings (SSSR count). The number of para-hydroxylation sites is 1. The number of hydrogen-bond acceptors (Lipinski definition) is 4. The first-order valence-corrected chi connectivity index (χ1v) is 4.80. The van der Waals surface area contributed by atoms with Gasteiger partial charge in [-0.1, -0.05) is 12.1 Å². The van der Waals surface area contributed by atoms with Gasteiger partial charge in [0.2, 0.25) is 0 Å². The Hall–Kier alpha value is -1.62. The van der Waals surface area contributed by atoms with Gasteiger partial charge in [-0.2, -0.15) is 0 Å². The number of rotatable bonds is 3. The summed E-state index contributed by atoms with van der Waals surface area (Å²) >= 11 is 0. The lowest BCUT2D eigenvalue weighted by molar-refractivity contribution is -0.386. The van der Waals surface area contributed by atoms with Gasteiger partial charge in [0, 0.05) is 19.2 Å². The van der Waals surface area contributed by atoms with Crippen molar-refractivity contribution >= 4 is 5.69 Å². The molecule has 1 fully saturated rings. The molecule has 0 unspecified atom stereocenters. The van der Waals surface area contributed by atoms with Crippen molar-refractivity contribution in [3.8, 4) is 5.75 Å². The Morgan fingerprint density at radius 1 is 1.53 bits per heavy atom. The summed E-state index contributed by atoms with van der Waals surface area (Å²) in [6.07, 6.45) is 0.0600. The molecule has 0 bridgehead atoms. The van der Waals surface area contributed by atoms with Gasteiger partial charge >= 0.3 is 5.69 Å². The summed E-state index contributed by atoms with van der Waals surface area (Å²) in [4.78, 5) is 10.4. The Kier molecular flexibility index (Phi) is 2.55. The zero-order chi connectivity index (χ0) is 10.8. The number of nitro groups is 1. The van der Waals surface area contributed by atoms with E-state index < -0.39 is 4.92 Å². The summed E-state index contributed by atoms with van der Waals surface area (Å²) < 4.78 is 5.57. The maximum atomic E-state index is 10.8. The molecule has 1 N–H and O–H groups in total. The maximum Gasteiger partial charge on any atom is 0.311 e. The third kappa shape index (κ3) is 1.92. The Bertz CT molecular complexity index is 388. The third-order valence-electron chi connectivity index (χ3n) is 2.42. The molecule has 5 nitrogen and oxygen atoms in total. The monoisotopic (exact) mass is 208 g/mol. The van der Waals surface area contributed by atoms with E-state index in [1.807, 2.05) is 13.0 Å². The van der Waals surface area contributed by atoms with Crippen molar-refractivity contribution in [2.45, 2.75) is 13.0 Å². The van der Waals surface area contributed by atoms with Crippen LogP contribution in [0.3, 0.4) is 0 Å². The minimum Gasteiger partial charge on any atom is -0.481 e. The van der Waals surface area contributed by atoms with Gasteiger partial charge in [-0.15, -0.1) is 0 Å². The lowest BCUT2D eigenvalue weighted by Gasteiger charge is -2.28. The second-order valence-corrected chi connectivity index (χ2v) is 3.58. The van der Waals surface area contributed by atoms with E-state index in [1.165, 1.54) is 6.07 Å². The molecule has 0 aromatic heterocycles. The van der Waals surface area contributed by atoms with Gasteiger partial charge in [0.15, 0.2) is 5.75 Å². The van der Waals surface area contributed by atoms with Crippen LogP contribution in [0.4, 0.5) is 5.69 Å². The lowest BCUT2D eigenvalue weighted by atomic mass is 10.1. The van der Waals surface area contributed by atoms with E-state index in [4.69, 9.17) is 4.74 Å². The molecule has 15 heavy (non-hydrogen) atoms. The van der Waals surface area contributed by atoms with Gasteiger partial charge in [-0.05, 0) is 12.5 Å². The van der Waals surface area contributed by atoms with E-state index in [1.54, 1.807) is 6.07 Å². The molecular formula is C10H12N2O3. The smallest absolute Gasteiger partial charge is 0.311 e. The summed E-state index contributed by atoms with van der Waals surface area (Å²) in [5.41, 5.74) is 0.845. The first-order valence-electron chi connectivity index (χ1n) is 4.80. The van der Waals surface area contributed by atoms with Gasteiger partial charge in [0.1, 0.15) is 6.10 Å². The first-order chi connectivity index (χ1) is 7.18. The van der Waals surface area contributed by atoms with Crippen molar-refractivity contribution < 1.29 is 9.66 Å². The molecule has 1 aliphatic rings. The number of nitrogens with zero attached hydrogens (tertiary/aromatic N) is 1. The quantitative estimate of drug-likeness (QED) is 0.599. The zero-order valence-electron chi connectivity index (χ0n) is 8.40. The van der Waals surface area contributed by atoms with Crippen LogP contribution in [0.25, 0.3) is 0 Å². The van der Waals surface area contributed by atoms with Crippen molar-refractivity contribution in [2.75, 3.05) is 13.1 Å². The molecule has 0 spiro atoms. The summed E-state index contributed by atoms with van der Waals surface area (Å²) in [6, 6.07) is 4.95. The largest absolute Gasteiger partial charge is 0.481 e. The van der Waals surface area contributed by atoms with E-state index in [2.05, 4.69) is 5.32 Å². The Morgan fingerprint density at radius 2 is 2.27 bits per heavy atom. The highest BCUT2D eigenvalue weighted by molar-refractivity contribution is 5.51. The predicted octanol–water partition coefficient (Wildman–Crippen LogP) is 1.25. The molecular weight excluding hydrogens is 196 g/mol. The fraction of sp³-hybridized carbons (Fsp3) is 0.400. The molecule has 1 aliphatic heterocycles. The minimum absolute atomic E-state index is 0.0434. The van der Waals surface area contributed by atoms with Gasteiger partial charge in [0.05, 0.1) is 4.92 Å². The van der Waals surface area contributed by atoms with Gasteiger partial charge < -0.3 is 10.1 Å². The summed E-state index contributed by atoms with van der Waals surface area (Å²) in [5, 5.41) is 13.8. The van der Waals surface area contributed by atoms with Crippen LogP contribution >= 0.6 is 0 Å². The van der Waals surface area contributed by atoms with Crippen molar-refractivity contribution in [1.82, 2.24) is 5.32 Å². The fourth-order valence-corrected chi connectivity index (χ4v) is 1.45. The average Bonchev–Trinajstić information content (AvgIpc) is 2.12. The van der Waals surface area contributed by atoms with Gasteiger partial charge in [-0.3, -0.25) is 10.1 Å². The minimum atomic E-state index is -0.408. The molecule has 1 heterocycles. The SMILES string of the molecule is Cc1cccc([N+](=O)[O-])c1OC1CNC1. The lowest BCUT2D eigenvalue weighted by Crippen LogP contribution is -2.50. The fourth-order valence-electron chi connectivity index (χ4n) is 1.45. The first kappa shape index (κ1) is 9.92. The third-order valence-corrected chi connectivity index (χ3v) is 2.42. The molecule has 5 heteroatoms. The van der Waals surface area contributed by atoms with Crippen LogP contribution in [0.5, 0.6) is 5.75 Å². The van der Waals surface area contributed by atoms with Crippen molar-refractivity contribution in [3.63, 3.8) is 0 Å². The number of nitro benzene ring substituents is 1. The maximum absolute atomic E-state index is 10.8. The molecule has 1 aromatic rings. The molecule has 0 atom stereocenters.